The van der Waals surface area contributed by atoms with Gasteiger partial charge < -0.3 is 19.2 Å². The fraction of sp³-hybridized carbons (Fsp3) is 0.200. The third kappa shape index (κ3) is 3.90. The molecule has 0 bridgehead atoms. The molecule has 3 heterocycles. The van der Waals surface area contributed by atoms with Crippen LogP contribution in [0.3, 0.4) is 0 Å². The number of carbonyl (C=O) groups excluding carboxylic acids is 1. The highest BCUT2D eigenvalue weighted by atomic mass is 16.5. The average Bonchev–Trinajstić information content (AvgIpc) is 3.45. The lowest BCUT2D eigenvalue weighted by Crippen LogP contribution is -2.34. The van der Waals surface area contributed by atoms with E-state index < -0.39 is 0 Å². The predicted octanol–water partition coefficient (Wildman–Crippen LogP) is 4.37. The molecule has 5 rings (SSSR count). The lowest BCUT2D eigenvalue weighted by atomic mass is 9.97. The van der Waals surface area contributed by atoms with Crippen LogP contribution in [0.5, 0.6) is 5.75 Å². The summed E-state index contributed by atoms with van der Waals surface area (Å²) in [5.74, 6) is 1.51. The molecule has 0 aliphatic carbocycles. The Hall–Kier alpha value is -3.64. The van der Waals surface area contributed by atoms with Gasteiger partial charge in [0.1, 0.15) is 24.2 Å². The molecule has 6 nitrogen and oxygen atoms in total. The minimum atomic E-state index is -0.257. The Morgan fingerprint density at radius 2 is 2.10 bits per heavy atom. The van der Waals surface area contributed by atoms with Crippen LogP contribution >= 0.6 is 0 Å². The number of hydrogen-bond donors (Lipinski definition) is 1. The summed E-state index contributed by atoms with van der Waals surface area (Å²) < 4.78 is 16.6. The zero-order chi connectivity index (χ0) is 21.2. The second kappa shape index (κ2) is 8.24. The Morgan fingerprint density at radius 3 is 2.94 bits per heavy atom. The lowest BCUT2D eigenvalue weighted by molar-refractivity contribution is 0.0897. The van der Waals surface area contributed by atoms with Crippen LogP contribution in [0.15, 0.2) is 71.4 Å². The van der Waals surface area contributed by atoms with Gasteiger partial charge in [-0.25, -0.2) is 0 Å². The summed E-state index contributed by atoms with van der Waals surface area (Å²) in [6.07, 6.45) is 4.27. The Balaban J connectivity index is 1.28. The topological polar surface area (TPSA) is 73.6 Å². The first-order chi connectivity index (χ1) is 15.2. The highest BCUT2D eigenvalue weighted by Crippen LogP contribution is 2.36. The monoisotopic (exact) mass is 414 g/mol. The van der Waals surface area contributed by atoms with Crippen LogP contribution in [0, 0.1) is 0 Å². The summed E-state index contributed by atoms with van der Waals surface area (Å²) in [5, 5.41) is 5.24. The van der Waals surface area contributed by atoms with Crippen molar-refractivity contribution in [3.63, 3.8) is 0 Å². The van der Waals surface area contributed by atoms with Gasteiger partial charge >= 0.3 is 0 Å². The van der Waals surface area contributed by atoms with Crippen molar-refractivity contribution in [1.82, 2.24) is 10.3 Å². The summed E-state index contributed by atoms with van der Waals surface area (Å²) >= 11 is 0. The van der Waals surface area contributed by atoms with Crippen LogP contribution in [0.25, 0.3) is 21.9 Å². The summed E-state index contributed by atoms with van der Waals surface area (Å²) in [6.45, 7) is 0.743. The third-order valence-electron chi connectivity index (χ3n) is 5.47. The van der Waals surface area contributed by atoms with Gasteiger partial charge in [0.15, 0.2) is 5.76 Å². The maximum absolute atomic E-state index is 12.4. The average molecular weight is 414 g/mol. The van der Waals surface area contributed by atoms with Crippen molar-refractivity contribution in [2.45, 2.75) is 19.1 Å². The molecule has 1 N–H and O–H groups in total. The van der Waals surface area contributed by atoms with Crippen LogP contribution in [0.4, 0.5) is 0 Å². The predicted molar refractivity (Wildman–Crippen MR) is 117 cm³/mol. The number of rotatable bonds is 6. The molecule has 31 heavy (non-hydrogen) atoms. The molecule has 1 aliphatic heterocycles. The number of fused-ring (bicyclic) bond motifs is 3. The molecule has 6 heteroatoms. The molecule has 1 amide bonds. The highest BCUT2D eigenvalue weighted by molar-refractivity contribution is 5.92. The van der Waals surface area contributed by atoms with E-state index in [0.717, 1.165) is 28.7 Å². The number of hydrogen-bond acceptors (Lipinski definition) is 5. The minimum absolute atomic E-state index is 0.115. The van der Waals surface area contributed by atoms with Gasteiger partial charge in [0.25, 0.3) is 5.91 Å². The quantitative estimate of drug-likeness (QED) is 0.507. The molecule has 156 valence electrons. The van der Waals surface area contributed by atoms with Crippen molar-refractivity contribution < 1.29 is 18.7 Å². The molecular formula is C25H22N2O4. The van der Waals surface area contributed by atoms with Crippen molar-refractivity contribution in [2.75, 3.05) is 13.7 Å². The van der Waals surface area contributed by atoms with Crippen molar-refractivity contribution in [3.8, 4) is 16.9 Å². The number of carbonyl (C=O) groups is 1. The number of benzene rings is 2. The smallest absolute Gasteiger partial charge is 0.287 e. The van der Waals surface area contributed by atoms with Crippen LogP contribution in [0.2, 0.25) is 0 Å². The Kier molecular flexibility index (Phi) is 5.14. The minimum Gasteiger partial charge on any atom is -0.488 e. The number of nitrogens with one attached hydrogen (secondary N) is 1. The van der Waals surface area contributed by atoms with Gasteiger partial charge in [-0.05, 0) is 46.7 Å². The number of amides is 1. The zero-order valence-corrected chi connectivity index (χ0v) is 17.1. The van der Waals surface area contributed by atoms with Gasteiger partial charge in [0.05, 0.1) is 6.54 Å². The molecule has 1 unspecified atom stereocenters. The number of furan rings is 1. The number of ether oxygens (including phenoxy) is 2. The van der Waals surface area contributed by atoms with Gasteiger partial charge in [-0.2, -0.15) is 0 Å². The first-order valence-corrected chi connectivity index (χ1v) is 10.2. The van der Waals surface area contributed by atoms with Gasteiger partial charge in [-0.1, -0.05) is 24.3 Å². The molecule has 0 spiro atoms. The lowest BCUT2D eigenvalue weighted by Gasteiger charge is -2.11. The second-order valence-corrected chi connectivity index (χ2v) is 7.57. The van der Waals surface area contributed by atoms with Crippen molar-refractivity contribution >= 4 is 16.7 Å². The number of pyridine rings is 1. The van der Waals surface area contributed by atoms with Gasteiger partial charge in [-0.15, -0.1) is 0 Å². The van der Waals surface area contributed by atoms with E-state index in [1.54, 1.807) is 25.4 Å². The molecule has 2 aromatic heterocycles. The summed E-state index contributed by atoms with van der Waals surface area (Å²) in [7, 11) is 1.58. The van der Waals surface area contributed by atoms with E-state index in [9.17, 15) is 4.79 Å². The van der Waals surface area contributed by atoms with E-state index >= 15 is 0 Å². The third-order valence-corrected chi connectivity index (χ3v) is 5.47. The maximum atomic E-state index is 12.4. The van der Waals surface area contributed by atoms with E-state index in [2.05, 4.69) is 40.6 Å². The molecule has 1 aliphatic rings. The van der Waals surface area contributed by atoms with Crippen molar-refractivity contribution in [2.24, 2.45) is 0 Å². The van der Waals surface area contributed by atoms with Crippen LogP contribution in [-0.4, -0.2) is 30.6 Å². The fourth-order valence-corrected chi connectivity index (χ4v) is 3.98. The molecule has 0 fully saturated rings. The number of nitrogens with zero attached hydrogens (tertiary/aromatic N) is 1. The van der Waals surface area contributed by atoms with E-state index in [-0.39, 0.29) is 17.8 Å². The molecular weight excluding hydrogens is 392 g/mol. The zero-order valence-electron chi connectivity index (χ0n) is 17.1. The van der Waals surface area contributed by atoms with Crippen molar-refractivity contribution in [3.05, 3.63) is 84.1 Å². The highest BCUT2D eigenvalue weighted by Gasteiger charge is 2.25. The first-order valence-electron chi connectivity index (χ1n) is 10.2. The number of aromatic nitrogens is 1. The summed E-state index contributed by atoms with van der Waals surface area (Å²) in [6, 6.07) is 17.9. The first kappa shape index (κ1) is 19.3. The normalized spacial score (nSPS) is 14.9. The molecule has 1 atom stereocenters. The van der Waals surface area contributed by atoms with Crippen LogP contribution in [-0.2, 0) is 17.8 Å². The molecule has 0 radical (unpaired) electrons. The Morgan fingerprint density at radius 1 is 1.16 bits per heavy atom. The Bertz CT molecular complexity index is 1230. The van der Waals surface area contributed by atoms with E-state index in [1.807, 2.05) is 18.3 Å². The maximum Gasteiger partial charge on any atom is 0.287 e. The van der Waals surface area contributed by atoms with Crippen molar-refractivity contribution in [1.29, 1.82) is 0 Å². The second-order valence-electron chi connectivity index (χ2n) is 7.57. The SMILES string of the molecule is COCc1ccc(C(=O)NCC2Cc3c(ccc4cc(-c5cccnc5)ccc34)O2)o1. The molecule has 0 saturated carbocycles. The molecule has 0 saturated heterocycles. The molecule has 4 aromatic rings. The molecule has 2 aromatic carbocycles. The van der Waals surface area contributed by atoms with Gasteiger partial charge in [0, 0.05) is 37.1 Å². The largest absolute Gasteiger partial charge is 0.488 e. The van der Waals surface area contributed by atoms with E-state index in [4.69, 9.17) is 13.9 Å². The van der Waals surface area contributed by atoms with Gasteiger partial charge in [0.2, 0.25) is 0 Å². The summed E-state index contributed by atoms with van der Waals surface area (Å²) in [4.78, 5) is 16.6. The Labute approximate surface area is 179 Å². The fourth-order valence-electron chi connectivity index (χ4n) is 3.98. The van der Waals surface area contributed by atoms with Crippen LogP contribution in [0.1, 0.15) is 21.9 Å². The van der Waals surface area contributed by atoms with E-state index in [0.29, 0.717) is 18.9 Å². The standard InChI is InChI=1S/C25H22N2O4/c1-29-15-19-6-9-24(30-19)25(28)27-14-20-12-22-21-7-4-16(18-3-2-10-26-13-18)11-17(21)5-8-23(22)31-20/h2-11,13,20H,12,14-15H2,1H3,(H,27,28). The summed E-state index contributed by atoms with van der Waals surface area (Å²) in [5.41, 5.74) is 3.40. The van der Waals surface area contributed by atoms with Crippen LogP contribution < -0.4 is 10.1 Å². The number of methoxy groups -OCH3 is 1. The van der Waals surface area contributed by atoms with Gasteiger partial charge in [-0.3, -0.25) is 9.78 Å². The van der Waals surface area contributed by atoms with E-state index in [1.165, 1.54) is 10.9 Å².